The summed E-state index contributed by atoms with van der Waals surface area (Å²) in [6, 6.07) is 11.4. The van der Waals surface area contributed by atoms with Crippen LogP contribution < -0.4 is 10.1 Å². The Morgan fingerprint density at radius 3 is 2.47 bits per heavy atom. The van der Waals surface area contributed by atoms with Crippen molar-refractivity contribution in [1.29, 1.82) is 0 Å². The van der Waals surface area contributed by atoms with Crippen LogP contribution >= 0.6 is 34.7 Å². The average Bonchev–Trinajstić information content (AvgIpc) is 3.17. The van der Waals surface area contributed by atoms with Crippen LogP contribution in [0.25, 0.3) is 0 Å². The third kappa shape index (κ3) is 5.31. The van der Waals surface area contributed by atoms with Gasteiger partial charge in [-0.15, -0.1) is 0 Å². The molecular weight excluding hydrogens is 439 g/mol. The van der Waals surface area contributed by atoms with Crippen molar-refractivity contribution in [3.63, 3.8) is 0 Å². The van der Waals surface area contributed by atoms with Gasteiger partial charge in [-0.1, -0.05) is 56.1 Å². The lowest BCUT2D eigenvalue weighted by Gasteiger charge is -2.16. The lowest BCUT2D eigenvalue weighted by molar-refractivity contribution is 0.476. The summed E-state index contributed by atoms with van der Waals surface area (Å²) in [5, 5.41) is 4.99. The molecule has 0 saturated carbocycles. The number of aromatic nitrogens is 2. The van der Waals surface area contributed by atoms with E-state index in [4.69, 9.17) is 27.9 Å². The number of aliphatic imine (C=N–C) groups is 1. The topological polar surface area (TPSA) is 59.4 Å². The Balaban J connectivity index is 1.77. The molecule has 8 heteroatoms. The maximum atomic E-state index is 6.48. The van der Waals surface area contributed by atoms with Crippen molar-refractivity contribution in [3.05, 3.63) is 63.4 Å². The fourth-order valence-electron chi connectivity index (χ4n) is 2.90. The maximum absolute atomic E-state index is 6.48. The van der Waals surface area contributed by atoms with Gasteiger partial charge < -0.3 is 10.1 Å². The van der Waals surface area contributed by atoms with Crippen molar-refractivity contribution in [2.75, 3.05) is 12.4 Å². The van der Waals surface area contributed by atoms with Gasteiger partial charge >= 0.3 is 0 Å². The molecule has 0 aliphatic rings. The van der Waals surface area contributed by atoms with Gasteiger partial charge in [-0.25, -0.2) is 0 Å². The molecule has 2 aromatic carbocycles. The second kappa shape index (κ2) is 9.77. The lowest BCUT2D eigenvalue weighted by Crippen LogP contribution is -2.19. The highest BCUT2D eigenvalue weighted by molar-refractivity contribution is 7.07. The Morgan fingerprint density at radius 1 is 1.13 bits per heavy atom. The average molecular weight is 463 g/mol. The van der Waals surface area contributed by atoms with E-state index in [2.05, 4.69) is 33.5 Å². The standard InChI is InChI=1S/C22H24Cl2N4OS/c1-12(2)20(25-5)26-18-11-17(24)19(10-13(18)3)29-22-27-21(28-30-22)14(4)15-6-8-16(23)9-7-15/h6-12,14H,1-5H3,(H,25,26). The van der Waals surface area contributed by atoms with Gasteiger partial charge in [-0.2, -0.15) is 9.36 Å². The van der Waals surface area contributed by atoms with Gasteiger partial charge in [0.25, 0.3) is 5.19 Å². The zero-order valence-electron chi connectivity index (χ0n) is 17.5. The first-order valence-electron chi connectivity index (χ1n) is 9.59. The molecule has 1 unspecified atom stereocenters. The highest BCUT2D eigenvalue weighted by Gasteiger charge is 2.17. The van der Waals surface area contributed by atoms with Crippen molar-refractivity contribution in [3.8, 4) is 10.9 Å². The van der Waals surface area contributed by atoms with Gasteiger partial charge in [-0.3, -0.25) is 4.99 Å². The van der Waals surface area contributed by atoms with Gasteiger partial charge in [0.05, 0.1) is 5.02 Å². The zero-order valence-corrected chi connectivity index (χ0v) is 19.9. The van der Waals surface area contributed by atoms with Gasteiger partial charge in [0.15, 0.2) is 5.82 Å². The summed E-state index contributed by atoms with van der Waals surface area (Å²) in [7, 11) is 1.77. The van der Waals surface area contributed by atoms with Crippen LogP contribution in [0.2, 0.25) is 10.0 Å². The first-order valence-corrected chi connectivity index (χ1v) is 11.1. The van der Waals surface area contributed by atoms with E-state index in [1.54, 1.807) is 7.05 Å². The minimum Gasteiger partial charge on any atom is -0.428 e. The molecule has 0 amide bonds. The Morgan fingerprint density at radius 2 is 1.83 bits per heavy atom. The first kappa shape index (κ1) is 22.5. The number of hydrogen-bond acceptors (Lipinski definition) is 5. The number of amidine groups is 1. The van der Waals surface area contributed by atoms with E-state index in [0.717, 1.165) is 22.6 Å². The van der Waals surface area contributed by atoms with Crippen LogP contribution in [-0.2, 0) is 0 Å². The Hall–Kier alpha value is -2.15. The molecule has 1 aromatic heterocycles. The predicted molar refractivity (Wildman–Crippen MR) is 127 cm³/mol. The molecule has 30 heavy (non-hydrogen) atoms. The largest absolute Gasteiger partial charge is 0.428 e. The molecule has 0 saturated heterocycles. The minimum atomic E-state index is 0.0300. The Bertz CT molecular complexity index is 1050. The molecule has 3 aromatic rings. The van der Waals surface area contributed by atoms with Crippen LogP contribution in [0.3, 0.4) is 0 Å². The number of rotatable bonds is 6. The smallest absolute Gasteiger partial charge is 0.298 e. The van der Waals surface area contributed by atoms with Crippen molar-refractivity contribution in [1.82, 2.24) is 9.36 Å². The molecule has 1 atom stereocenters. The van der Waals surface area contributed by atoms with Crippen LogP contribution in [-0.4, -0.2) is 22.2 Å². The molecular formula is C22H24Cl2N4OS. The summed E-state index contributed by atoms with van der Waals surface area (Å²) >= 11 is 13.7. The van der Waals surface area contributed by atoms with Crippen LogP contribution in [0.15, 0.2) is 41.4 Å². The molecule has 0 bridgehead atoms. The summed E-state index contributed by atoms with van der Waals surface area (Å²) in [5.41, 5.74) is 2.98. The number of hydrogen-bond donors (Lipinski definition) is 1. The summed E-state index contributed by atoms with van der Waals surface area (Å²) in [5.74, 6) is 2.45. The third-order valence-electron chi connectivity index (χ3n) is 4.71. The van der Waals surface area contributed by atoms with Crippen molar-refractivity contribution in [2.24, 2.45) is 10.9 Å². The summed E-state index contributed by atoms with van der Waals surface area (Å²) in [6.45, 7) is 8.21. The fraction of sp³-hybridized carbons (Fsp3) is 0.318. The second-order valence-corrected chi connectivity index (χ2v) is 8.84. The summed E-state index contributed by atoms with van der Waals surface area (Å²) < 4.78 is 10.4. The van der Waals surface area contributed by atoms with Gasteiger partial charge in [0.1, 0.15) is 11.6 Å². The van der Waals surface area contributed by atoms with E-state index in [1.165, 1.54) is 11.5 Å². The van der Waals surface area contributed by atoms with Crippen LogP contribution in [0, 0.1) is 12.8 Å². The van der Waals surface area contributed by atoms with Crippen LogP contribution in [0.5, 0.6) is 10.9 Å². The van der Waals surface area contributed by atoms with E-state index in [1.807, 2.05) is 50.2 Å². The van der Waals surface area contributed by atoms with E-state index in [0.29, 0.717) is 26.8 Å². The number of nitrogens with zero attached hydrogens (tertiary/aromatic N) is 3. The van der Waals surface area contributed by atoms with Gasteiger partial charge in [0.2, 0.25) is 0 Å². The second-order valence-electron chi connectivity index (χ2n) is 7.28. The molecule has 158 valence electrons. The predicted octanol–water partition coefficient (Wildman–Crippen LogP) is 7.19. The quantitative estimate of drug-likeness (QED) is 0.310. The molecule has 3 rings (SSSR count). The summed E-state index contributed by atoms with van der Waals surface area (Å²) in [6.07, 6.45) is 0. The molecule has 0 spiro atoms. The van der Waals surface area contributed by atoms with E-state index < -0.39 is 0 Å². The van der Waals surface area contributed by atoms with Crippen LogP contribution in [0.4, 0.5) is 5.69 Å². The Labute approximate surface area is 191 Å². The number of aryl methyl sites for hydroxylation is 1. The number of anilines is 1. The Kier molecular flexibility index (Phi) is 7.34. The van der Waals surface area contributed by atoms with Crippen molar-refractivity contribution >= 4 is 46.3 Å². The highest BCUT2D eigenvalue weighted by Crippen LogP contribution is 2.36. The van der Waals surface area contributed by atoms with E-state index in [9.17, 15) is 0 Å². The lowest BCUT2D eigenvalue weighted by atomic mass is 10.0. The van der Waals surface area contributed by atoms with Gasteiger partial charge in [-0.05, 0) is 42.3 Å². The van der Waals surface area contributed by atoms with Crippen molar-refractivity contribution < 1.29 is 4.74 Å². The molecule has 0 aliphatic carbocycles. The minimum absolute atomic E-state index is 0.0300. The number of nitrogens with one attached hydrogen (secondary N) is 1. The molecule has 1 N–H and O–H groups in total. The molecule has 5 nitrogen and oxygen atoms in total. The van der Waals surface area contributed by atoms with Crippen LogP contribution in [0.1, 0.15) is 43.6 Å². The molecule has 0 aliphatic heterocycles. The molecule has 1 heterocycles. The third-order valence-corrected chi connectivity index (χ3v) is 5.86. The monoisotopic (exact) mass is 462 g/mol. The first-order chi connectivity index (χ1) is 14.3. The molecule has 0 radical (unpaired) electrons. The van der Waals surface area contributed by atoms with E-state index in [-0.39, 0.29) is 11.8 Å². The van der Waals surface area contributed by atoms with E-state index >= 15 is 0 Å². The molecule has 0 fully saturated rings. The normalized spacial score (nSPS) is 12.9. The SMILES string of the molecule is CN=C(Nc1cc(Cl)c(Oc2nc(C(C)c3ccc(Cl)cc3)ns2)cc1C)C(C)C. The number of halogens is 2. The van der Waals surface area contributed by atoms with Crippen molar-refractivity contribution in [2.45, 2.75) is 33.6 Å². The van der Waals surface area contributed by atoms with Gasteiger partial charge in [0, 0.05) is 41.1 Å². The number of ether oxygens (including phenoxy) is 1. The number of benzene rings is 2. The summed E-state index contributed by atoms with van der Waals surface area (Å²) in [4.78, 5) is 8.84. The highest BCUT2D eigenvalue weighted by atomic mass is 35.5. The zero-order chi connectivity index (χ0) is 21.8. The maximum Gasteiger partial charge on any atom is 0.298 e. The fourth-order valence-corrected chi connectivity index (χ4v) is 3.86.